The van der Waals surface area contributed by atoms with Crippen molar-refractivity contribution in [2.45, 2.75) is 52.6 Å². The predicted molar refractivity (Wildman–Crippen MR) is 84.7 cm³/mol. The van der Waals surface area contributed by atoms with Gasteiger partial charge in [-0.1, -0.05) is 32.9 Å². The van der Waals surface area contributed by atoms with E-state index >= 15 is 0 Å². The molecule has 0 saturated carbocycles. The molecule has 1 aromatic carbocycles. The van der Waals surface area contributed by atoms with Crippen LogP contribution in [0.4, 0.5) is 0 Å². The molecule has 0 aliphatic rings. The molecule has 1 rings (SSSR count). The van der Waals surface area contributed by atoms with Crippen molar-refractivity contribution in [1.82, 2.24) is 5.32 Å². The number of hydrogen-bond donors (Lipinski definition) is 2. The topological polar surface area (TPSA) is 58.6 Å². The summed E-state index contributed by atoms with van der Waals surface area (Å²) in [5, 5.41) is 12.6. The monoisotopic (exact) mass is 293 g/mol. The first kappa shape index (κ1) is 17.5. The Morgan fingerprint density at radius 2 is 2.05 bits per heavy atom. The van der Waals surface area contributed by atoms with Crippen molar-refractivity contribution in [3.8, 4) is 5.75 Å². The van der Waals surface area contributed by atoms with E-state index in [1.807, 2.05) is 31.2 Å². The van der Waals surface area contributed by atoms with Gasteiger partial charge < -0.3 is 9.84 Å². The van der Waals surface area contributed by atoms with Crippen molar-refractivity contribution in [3.63, 3.8) is 0 Å². The molecule has 0 radical (unpaired) electrons. The second-order valence-electron chi connectivity index (χ2n) is 6.66. The zero-order valence-corrected chi connectivity index (χ0v) is 13.6. The Bertz CT molecular complexity index is 465. The number of carbonyl (C=O) groups is 1. The third kappa shape index (κ3) is 6.17. The molecule has 0 aliphatic heterocycles. The molecule has 4 heteroatoms. The van der Waals surface area contributed by atoms with Gasteiger partial charge >= 0.3 is 5.97 Å². The number of ether oxygens (including phenoxy) is 1. The van der Waals surface area contributed by atoms with E-state index in [9.17, 15) is 9.90 Å². The molecule has 1 aromatic rings. The van der Waals surface area contributed by atoms with E-state index in [2.05, 4.69) is 26.1 Å². The van der Waals surface area contributed by atoms with Gasteiger partial charge in [0.05, 0.1) is 7.11 Å². The molecule has 2 N–H and O–H groups in total. The number of aliphatic carboxylic acids is 1. The summed E-state index contributed by atoms with van der Waals surface area (Å²) >= 11 is 0. The summed E-state index contributed by atoms with van der Waals surface area (Å²) in [5.41, 5.74) is 1.16. The Morgan fingerprint density at radius 3 is 2.57 bits per heavy atom. The van der Waals surface area contributed by atoms with Gasteiger partial charge in [-0.3, -0.25) is 10.1 Å². The van der Waals surface area contributed by atoms with Gasteiger partial charge in [0.1, 0.15) is 11.8 Å². The fourth-order valence-electron chi connectivity index (χ4n) is 2.16. The highest BCUT2D eigenvalue weighted by atomic mass is 16.5. The highest BCUT2D eigenvalue weighted by molar-refractivity contribution is 5.73. The summed E-state index contributed by atoms with van der Waals surface area (Å²) < 4.78 is 5.21. The first-order valence-corrected chi connectivity index (χ1v) is 7.36. The van der Waals surface area contributed by atoms with Crippen molar-refractivity contribution in [2.75, 3.05) is 7.11 Å². The normalized spacial score (nSPS) is 14.5. The lowest BCUT2D eigenvalue weighted by molar-refractivity contribution is -0.140. The maximum Gasteiger partial charge on any atom is 0.320 e. The number of carboxylic acid groups (broad SMARTS) is 1. The van der Waals surface area contributed by atoms with E-state index in [1.165, 1.54) is 0 Å². The van der Waals surface area contributed by atoms with Crippen molar-refractivity contribution < 1.29 is 14.6 Å². The van der Waals surface area contributed by atoms with Crippen molar-refractivity contribution in [3.05, 3.63) is 29.8 Å². The van der Waals surface area contributed by atoms with Crippen LogP contribution in [0.1, 0.15) is 52.1 Å². The van der Waals surface area contributed by atoms with Crippen LogP contribution >= 0.6 is 0 Å². The van der Waals surface area contributed by atoms with Gasteiger partial charge in [0.2, 0.25) is 0 Å². The summed E-state index contributed by atoms with van der Waals surface area (Å²) in [6.45, 7) is 8.34. The van der Waals surface area contributed by atoms with Crippen LogP contribution in [0.25, 0.3) is 0 Å². The van der Waals surface area contributed by atoms with Crippen LogP contribution < -0.4 is 10.1 Å². The lowest BCUT2D eigenvalue weighted by atomic mass is 9.88. The fraction of sp³-hybridized carbons (Fsp3) is 0.588. The third-order valence-corrected chi connectivity index (χ3v) is 3.53. The molecule has 0 fully saturated rings. The maximum absolute atomic E-state index is 11.4. The second kappa shape index (κ2) is 7.46. The number of rotatable bonds is 7. The minimum atomic E-state index is -0.797. The Hall–Kier alpha value is -1.55. The van der Waals surface area contributed by atoms with Crippen molar-refractivity contribution in [2.24, 2.45) is 5.41 Å². The molecule has 118 valence electrons. The average Bonchev–Trinajstić information content (AvgIpc) is 2.41. The van der Waals surface area contributed by atoms with Gasteiger partial charge in [0.25, 0.3) is 0 Å². The molecule has 0 aromatic heterocycles. The number of benzene rings is 1. The van der Waals surface area contributed by atoms with Crippen LogP contribution in [-0.2, 0) is 4.79 Å². The smallest absolute Gasteiger partial charge is 0.320 e. The first-order valence-electron chi connectivity index (χ1n) is 7.36. The quantitative estimate of drug-likeness (QED) is 0.806. The molecule has 0 saturated heterocycles. The van der Waals surface area contributed by atoms with Gasteiger partial charge in [-0.05, 0) is 42.9 Å². The van der Waals surface area contributed by atoms with Crippen LogP contribution in [0.2, 0.25) is 0 Å². The Labute approximate surface area is 127 Å². The van der Waals surface area contributed by atoms with Crippen molar-refractivity contribution >= 4 is 5.97 Å². The van der Waals surface area contributed by atoms with E-state index in [4.69, 9.17) is 4.74 Å². The SMILES string of the molecule is COc1cccc([C@H](C)N[C@@H](CCC(C)(C)C)C(=O)O)c1. The molecule has 0 unspecified atom stereocenters. The summed E-state index contributed by atoms with van der Waals surface area (Å²) in [5.74, 6) is -0.0169. The van der Waals surface area contributed by atoms with E-state index in [1.54, 1.807) is 7.11 Å². The third-order valence-electron chi connectivity index (χ3n) is 3.53. The molecule has 0 aliphatic carbocycles. The van der Waals surface area contributed by atoms with Gasteiger partial charge in [-0.25, -0.2) is 0 Å². The molecule has 0 amide bonds. The minimum Gasteiger partial charge on any atom is -0.497 e. The van der Waals surface area contributed by atoms with Crippen LogP contribution in [0.15, 0.2) is 24.3 Å². The van der Waals surface area contributed by atoms with E-state index in [0.29, 0.717) is 6.42 Å². The molecule has 0 heterocycles. The van der Waals surface area contributed by atoms with Crippen molar-refractivity contribution in [1.29, 1.82) is 0 Å². The molecular weight excluding hydrogens is 266 g/mol. The zero-order chi connectivity index (χ0) is 16.0. The minimum absolute atomic E-state index is 0.0406. The number of carboxylic acids is 1. The molecule has 0 bridgehead atoms. The number of hydrogen-bond acceptors (Lipinski definition) is 3. The van der Waals surface area contributed by atoms with Gasteiger partial charge in [0.15, 0.2) is 0 Å². The molecule has 2 atom stereocenters. The highest BCUT2D eigenvalue weighted by Crippen LogP contribution is 2.24. The van der Waals surface area contributed by atoms with E-state index in [-0.39, 0.29) is 11.5 Å². The summed E-state index contributed by atoms with van der Waals surface area (Å²) in [6, 6.07) is 7.12. The van der Waals surface area contributed by atoms with Gasteiger partial charge in [0, 0.05) is 6.04 Å². The largest absolute Gasteiger partial charge is 0.497 e. The standard InChI is InChI=1S/C17H27NO3/c1-12(13-7-6-8-14(11-13)21-5)18-15(16(19)20)9-10-17(2,3)4/h6-8,11-12,15,18H,9-10H2,1-5H3,(H,19,20)/t12-,15-/m0/s1. The van der Waals surface area contributed by atoms with E-state index in [0.717, 1.165) is 17.7 Å². The molecule has 4 nitrogen and oxygen atoms in total. The summed E-state index contributed by atoms with van der Waals surface area (Å²) in [4.78, 5) is 11.4. The Kier molecular flexibility index (Phi) is 6.21. The fourth-order valence-corrected chi connectivity index (χ4v) is 2.16. The zero-order valence-electron chi connectivity index (χ0n) is 13.6. The average molecular weight is 293 g/mol. The van der Waals surface area contributed by atoms with Crippen LogP contribution in [0, 0.1) is 5.41 Å². The number of nitrogens with one attached hydrogen (secondary N) is 1. The molecular formula is C17H27NO3. The Balaban J connectivity index is 2.71. The van der Waals surface area contributed by atoms with E-state index < -0.39 is 12.0 Å². The van der Waals surface area contributed by atoms with Crippen LogP contribution in [-0.4, -0.2) is 24.2 Å². The van der Waals surface area contributed by atoms with Crippen LogP contribution in [0.3, 0.4) is 0 Å². The number of methoxy groups -OCH3 is 1. The highest BCUT2D eigenvalue weighted by Gasteiger charge is 2.23. The summed E-state index contributed by atoms with van der Waals surface area (Å²) in [6.07, 6.45) is 1.48. The molecule has 0 spiro atoms. The second-order valence-corrected chi connectivity index (χ2v) is 6.66. The predicted octanol–water partition coefficient (Wildman–Crippen LogP) is 3.63. The molecule has 21 heavy (non-hydrogen) atoms. The lowest BCUT2D eigenvalue weighted by Gasteiger charge is -2.24. The van der Waals surface area contributed by atoms with Crippen LogP contribution in [0.5, 0.6) is 5.75 Å². The maximum atomic E-state index is 11.4. The van der Waals surface area contributed by atoms with Gasteiger partial charge in [-0.2, -0.15) is 0 Å². The Morgan fingerprint density at radius 1 is 1.38 bits per heavy atom. The van der Waals surface area contributed by atoms with Gasteiger partial charge in [-0.15, -0.1) is 0 Å². The first-order chi connectivity index (χ1) is 9.73. The summed E-state index contributed by atoms with van der Waals surface area (Å²) in [7, 11) is 1.63. The lowest BCUT2D eigenvalue weighted by Crippen LogP contribution is -2.39.